The van der Waals surface area contributed by atoms with E-state index in [1.54, 1.807) is 12.3 Å². The maximum atomic E-state index is 13.3. The number of para-hydroxylation sites is 2. The number of fused-ring (bicyclic) bond motifs is 1. The van der Waals surface area contributed by atoms with E-state index >= 15 is 0 Å². The molecule has 0 unspecified atom stereocenters. The topological polar surface area (TPSA) is 63.2 Å². The molecule has 5 heteroatoms. The maximum absolute atomic E-state index is 13.3. The van der Waals surface area contributed by atoms with Gasteiger partial charge in [-0.2, -0.15) is 0 Å². The van der Waals surface area contributed by atoms with Crippen molar-refractivity contribution in [3.8, 4) is 16.9 Å². The van der Waals surface area contributed by atoms with Gasteiger partial charge >= 0.3 is 0 Å². The summed E-state index contributed by atoms with van der Waals surface area (Å²) in [5, 5.41) is 7.48. The summed E-state index contributed by atoms with van der Waals surface area (Å²) in [7, 11) is 0. The molecule has 1 amide bonds. The molecule has 5 aromatic carbocycles. The maximum Gasteiger partial charge on any atom is 0.256 e. The molecule has 1 aromatic heterocycles. The number of carbonyl (C=O) groups is 1. The first-order valence-electron chi connectivity index (χ1n) is 13.6. The van der Waals surface area contributed by atoms with E-state index in [1.807, 2.05) is 91.0 Å². The van der Waals surface area contributed by atoms with Gasteiger partial charge in [-0.1, -0.05) is 91.0 Å². The van der Waals surface area contributed by atoms with Crippen LogP contribution in [0.5, 0.6) is 5.75 Å². The standard InChI is InChI=1S/C36H29N3O2/c40-36(33-20-21-37-34-18-6-5-17-32(33)34)39-35-19-7-4-16-31(35)28-13-9-14-29(23-28)38-24-27-12-8-15-30(22-27)41-25-26-10-2-1-3-11-26/h1-23,38H,24-25H2,(H,39,40). The van der Waals surface area contributed by atoms with Gasteiger partial charge < -0.3 is 15.4 Å². The van der Waals surface area contributed by atoms with Gasteiger partial charge in [0.05, 0.1) is 11.1 Å². The van der Waals surface area contributed by atoms with Gasteiger partial charge in [0.2, 0.25) is 0 Å². The van der Waals surface area contributed by atoms with Crippen LogP contribution < -0.4 is 15.4 Å². The number of nitrogens with zero attached hydrogens (tertiary/aromatic N) is 1. The highest BCUT2D eigenvalue weighted by Gasteiger charge is 2.13. The molecule has 0 aliphatic rings. The number of rotatable bonds is 9. The van der Waals surface area contributed by atoms with Crippen LogP contribution in [0, 0.1) is 0 Å². The van der Waals surface area contributed by atoms with Crippen molar-refractivity contribution >= 4 is 28.2 Å². The molecule has 0 saturated carbocycles. The summed E-state index contributed by atoms with van der Waals surface area (Å²) in [5.74, 6) is 0.674. The Morgan fingerprint density at radius 3 is 2.41 bits per heavy atom. The summed E-state index contributed by atoms with van der Waals surface area (Å²) < 4.78 is 6.00. The lowest BCUT2D eigenvalue weighted by atomic mass is 10.0. The normalized spacial score (nSPS) is 10.7. The highest BCUT2D eigenvalue weighted by Crippen LogP contribution is 2.31. The molecule has 0 bridgehead atoms. The number of amides is 1. The molecule has 6 aromatic rings. The van der Waals surface area contributed by atoms with Crippen molar-refractivity contribution in [2.75, 3.05) is 10.6 Å². The molecule has 41 heavy (non-hydrogen) atoms. The molecule has 0 aliphatic heterocycles. The number of aromatic nitrogens is 1. The van der Waals surface area contributed by atoms with E-state index in [4.69, 9.17) is 4.74 Å². The fourth-order valence-corrected chi connectivity index (χ4v) is 4.81. The number of carbonyl (C=O) groups excluding carboxylic acids is 1. The fraction of sp³-hybridized carbons (Fsp3) is 0.0556. The Morgan fingerprint density at radius 1 is 0.707 bits per heavy atom. The van der Waals surface area contributed by atoms with Crippen molar-refractivity contribution in [3.05, 3.63) is 156 Å². The van der Waals surface area contributed by atoms with E-state index in [9.17, 15) is 4.79 Å². The van der Waals surface area contributed by atoms with Crippen LogP contribution in [0.2, 0.25) is 0 Å². The molecular weight excluding hydrogens is 506 g/mol. The molecule has 200 valence electrons. The predicted octanol–water partition coefficient (Wildman–Crippen LogP) is 8.35. The highest BCUT2D eigenvalue weighted by molar-refractivity contribution is 6.13. The zero-order valence-corrected chi connectivity index (χ0v) is 22.5. The molecule has 0 saturated heterocycles. The molecule has 2 N–H and O–H groups in total. The number of hydrogen-bond acceptors (Lipinski definition) is 4. The molecule has 1 heterocycles. The van der Waals surface area contributed by atoms with Crippen molar-refractivity contribution in [3.63, 3.8) is 0 Å². The largest absolute Gasteiger partial charge is 0.489 e. The third kappa shape index (κ3) is 6.26. The Labute approximate surface area is 239 Å². The monoisotopic (exact) mass is 535 g/mol. The summed E-state index contributed by atoms with van der Waals surface area (Å²) in [6.07, 6.45) is 1.67. The van der Waals surface area contributed by atoms with Gasteiger partial charge in [-0.15, -0.1) is 0 Å². The van der Waals surface area contributed by atoms with Crippen molar-refractivity contribution in [2.24, 2.45) is 0 Å². The Bertz CT molecular complexity index is 1800. The van der Waals surface area contributed by atoms with Crippen LogP contribution in [0.4, 0.5) is 11.4 Å². The lowest BCUT2D eigenvalue weighted by molar-refractivity contribution is 0.102. The lowest BCUT2D eigenvalue weighted by Gasteiger charge is -2.14. The van der Waals surface area contributed by atoms with Gasteiger partial charge in [-0.05, 0) is 59.2 Å². The van der Waals surface area contributed by atoms with Crippen LogP contribution in [0.1, 0.15) is 21.5 Å². The van der Waals surface area contributed by atoms with Crippen molar-refractivity contribution in [1.82, 2.24) is 4.98 Å². The number of ether oxygens (including phenoxy) is 1. The minimum Gasteiger partial charge on any atom is -0.489 e. The van der Waals surface area contributed by atoms with Gasteiger partial charge in [-0.25, -0.2) is 0 Å². The second-order valence-electron chi connectivity index (χ2n) is 9.73. The smallest absolute Gasteiger partial charge is 0.256 e. The SMILES string of the molecule is O=C(Nc1ccccc1-c1cccc(NCc2cccc(OCc3ccccc3)c2)c1)c1ccnc2ccccc12. The van der Waals surface area contributed by atoms with Crippen LogP contribution in [0.15, 0.2) is 140 Å². The first-order valence-corrected chi connectivity index (χ1v) is 13.6. The number of anilines is 2. The zero-order valence-electron chi connectivity index (χ0n) is 22.5. The van der Waals surface area contributed by atoms with Crippen LogP contribution in [-0.2, 0) is 13.2 Å². The van der Waals surface area contributed by atoms with E-state index in [0.717, 1.165) is 50.3 Å². The molecule has 0 radical (unpaired) electrons. The molecule has 0 aliphatic carbocycles. The second-order valence-corrected chi connectivity index (χ2v) is 9.73. The van der Waals surface area contributed by atoms with Crippen LogP contribution >= 0.6 is 0 Å². The average molecular weight is 536 g/mol. The van der Waals surface area contributed by atoms with Gasteiger partial charge in [-0.3, -0.25) is 9.78 Å². The zero-order chi connectivity index (χ0) is 27.9. The Hall–Kier alpha value is -5.42. The van der Waals surface area contributed by atoms with E-state index in [0.29, 0.717) is 18.7 Å². The van der Waals surface area contributed by atoms with Crippen LogP contribution in [-0.4, -0.2) is 10.9 Å². The van der Waals surface area contributed by atoms with E-state index < -0.39 is 0 Å². The minimum atomic E-state index is -0.167. The molecule has 6 rings (SSSR count). The first-order chi connectivity index (χ1) is 20.2. The van der Waals surface area contributed by atoms with Crippen molar-refractivity contribution < 1.29 is 9.53 Å². The van der Waals surface area contributed by atoms with E-state index in [1.165, 1.54) is 0 Å². The first kappa shape index (κ1) is 25.8. The van der Waals surface area contributed by atoms with Crippen molar-refractivity contribution in [1.29, 1.82) is 0 Å². The van der Waals surface area contributed by atoms with Gasteiger partial charge in [0.25, 0.3) is 5.91 Å². The van der Waals surface area contributed by atoms with Gasteiger partial charge in [0.1, 0.15) is 12.4 Å². The summed E-state index contributed by atoms with van der Waals surface area (Å²) >= 11 is 0. The molecule has 0 fully saturated rings. The van der Waals surface area contributed by atoms with Gasteiger partial charge in [0.15, 0.2) is 0 Å². The summed E-state index contributed by atoms with van der Waals surface area (Å²) in [4.78, 5) is 17.7. The number of hydrogen-bond donors (Lipinski definition) is 2. The van der Waals surface area contributed by atoms with Crippen molar-refractivity contribution in [2.45, 2.75) is 13.2 Å². The third-order valence-electron chi connectivity index (χ3n) is 6.89. The quantitative estimate of drug-likeness (QED) is 0.195. The molecule has 0 spiro atoms. The average Bonchev–Trinajstić information content (AvgIpc) is 3.03. The summed E-state index contributed by atoms with van der Waals surface area (Å²) in [5.41, 5.74) is 7.33. The molecule has 0 atom stereocenters. The van der Waals surface area contributed by atoms with E-state index in [-0.39, 0.29) is 5.91 Å². The number of pyridine rings is 1. The van der Waals surface area contributed by atoms with Crippen LogP contribution in [0.25, 0.3) is 22.0 Å². The highest BCUT2D eigenvalue weighted by atomic mass is 16.5. The molecular formula is C36H29N3O2. The Balaban J connectivity index is 1.16. The molecule has 5 nitrogen and oxygen atoms in total. The van der Waals surface area contributed by atoms with Gasteiger partial charge in [0, 0.05) is 35.1 Å². The summed E-state index contributed by atoms with van der Waals surface area (Å²) in [6, 6.07) is 43.8. The van der Waals surface area contributed by atoms with Crippen LogP contribution in [0.3, 0.4) is 0 Å². The number of benzene rings is 5. The fourth-order valence-electron chi connectivity index (χ4n) is 4.81. The summed E-state index contributed by atoms with van der Waals surface area (Å²) in [6.45, 7) is 1.19. The minimum absolute atomic E-state index is 0.167. The second kappa shape index (κ2) is 12.2. The number of nitrogens with one attached hydrogen (secondary N) is 2. The third-order valence-corrected chi connectivity index (χ3v) is 6.89. The predicted molar refractivity (Wildman–Crippen MR) is 166 cm³/mol. The Kier molecular flexibility index (Phi) is 7.68. The lowest BCUT2D eigenvalue weighted by Crippen LogP contribution is -2.13. The Morgan fingerprint density at radius 2 is 1.49 bits per heavy atom. The van der Waals surface area contributed by atoms with E-state index in [2.05, 4.69) is 52.0 Å².